The van der Waals surface area contributed by atoms with Gasteiger partial charge in [0.15, 0.2) is 20.6 Å². The Morgan fingerprint density at radius 2 is 0.620 bits per heavy atom. The van der Waals surface area contributed by atoms with Crippen molar-refractivity contribution in [1.29, 1.82) is 0 Å². The molecule has 0 unspecified atom stereocenters. The Morgan fingerprint density at radius 1 is 0.296 bits per heavy atom. The molecule has 0 radical (unpaired) electrons. The number of pyridine rings is 4. The van der Waals surface area contributed by atoms with Gasteiger partial charge in [-0.1, -0.05) is 83.4 Å². The van der Waals surface area contributed by atoms with E-state index in [2.05, 4.69) is 79.6 Å². The van der Waals surface area contributed by atoms with Gasteiger partial charge in [0.25, 0.3) is 0 Å². The number of aromatic nitrogens is 20. The predicted octanol–water partition coefficient (Wildman–Crippen LogP) is 15.2. The van der Waals surface area contributed by atoms with E-state index in [1.165, 1.54) is 35.3 Å². The number of thioether (sulfide) groups is 4. The Hall–Kier alpha value is -13.2. The Morgan fingerprint density at radius 3 is 0.991 bits per heavy atom. The summed E-state index contributed by atoms with van der Waals surface area (Å²) in [5, 5.41) is 11.1. The fourth-order valence-corrected chi connectivity index (χ4v) is 15.2. The van der Waals surface area contributed by atoms with Crippen LogP contribution in [-0.2, 0) is 0 Å². The number of rotatable bonds is 10. The molecule has 108 heavy (non-hydrogen) atoms. The molecule has 0 aliphatic carbocycles. The standard InChI is InChI=1S/C21H17N5OS2.C20H16N6OS.C19H14N6S.C18H13N7/c1-27-13-4-5-15-12(10-13)11-14-18(16-6-8-22-20(25-16)28-2)17-7-9-23-21(29-3)26(17)19(14)24-15;1-27-12-3-4-14-11(9-12)10-13-17(15-5-7-23-20(25-15)28-2)16-6-8-22-19(21)26(16)18(13)24-14;1-26-19-22-8-6-14(24-19)16-12-10-11-4-2-3-5-13(11)23-17(12)25-15(16)7-9-21-18(25)20;19-17-21-7-5-13(24-17)15-11-9-10-3-1-2-4-12(10)23-16(11)25-14(15)6-8-22-18(25)20/h4-11H,1-3H3;3-10H,1-2H3,(H2,21,22);2-10H,1H3,(H2,20,21);1-9H,(H2,20,22)(H2,19,21,24). The van der Waals surface area contributed by atoms with Crippen molar-refractivity contribution in [3.8, 4) is 56.5 Å². The highest BCUT2D eigenvalue weighted by Crippen LogP contribution is 2.42. The van der Waals surface area contributed by atoms with E-state index in [0.717, 1.165) is 182 Å². The first-order valence-electron chi connectivity index (χ1n) is 33.4. The zero-order valence-electron chi connectivity index (χ0n) is 58.3. The molecule has 0 amide bonds. The minimum absolute atomic E-state index is 0.223. The van der Waals surface area contributed by atoms with Crippen LogP contribution in [0, 0.1) is 0 Å². The first-order chi connectivity index (χ1) is 52.9. The molecule has 16 aromatic heterocycles. The average Bonchev–Trinajstić information content (AvgIpc) is 1.97. The Balaban J connectivity index is 0.000000106. The lowest BCUT2D eigenvalue weighted by molar-refractivity contribution is 0.415. The van der Waals surface area contributed by atoms with Crippen molar-refractivity contribution in [3.63, 3.8) is 0 Å². The van der Waals surface area contributed by atoms with Crippen LogP contribution in [0.2, 0.25) is 0 Å². The average molecular weight is 1490 g/mol. The van der Waals surface area contributed by atoms with Gasteiger partial charge in [-0.05, 0) is 146 Å². The molecular formula is C78H60N24O2S4. The summed E-state index contributed by atoms with van der Waals surface area (Å²) in [5.41, 5.74) is 42.0. The summed E-state index contributed by atoms with van der Waals surface area (Å²) >= 11 is 6.14. The topological polar surface area (TPSA) is 346 Å². The molecule has 528 valence electrons. The summed E-state index contributed by atoms with van der Waals surface area (Å²) in [7, 11) is 3.33. The van der Waals surface area contributed by atoms with Crippen LogP contribution < -0.4 is 32.4 Å². The van der Waals surface area contributed by atoms with Crippen molar-refractivity contribution < 1.29 is 9.47 Å². The van der Waals surface area contributed by atoms with Gasteiger partial charge in [0.05, 0.1) is 81.1 Å². The molecule has 26 nitrogen and oxygen atoms in total. The largest absolute Gasteiger partial charge is 0.497 e. The number of fused-ring (bicyclic) bond motifs is 16. The quantitative estimate of drug-likeness (QED) is 0.0730. The summed E-state index contributed by atoms with van der Waals surface area (Å²) in [6, 6.07) is 51.6. The van der Waals surface area contributed by atoms with Crippen LogP contribution in [-0.4, -0.2) is 137 Å². The number of nitrogen functional groups attached to an aromatic ring is 4. The lowest BCUT2D eigenvalue weighted by atomic mass is 10.1. The minimum atomic E-state index is 0.223. The molecule has 16 heterocycles. The highest BCUT2D eigenvalue weighted by atomic mass is 32.2. The van der Waals surface area contributed by atoms with Crippen LogP contribution in [0.15, 0.2) is 228 Å². The van der Waals surface area contributed by atoms with Gasteiger partial charge in [-0.3, -0.25) is 17.6 Å². The molecule has 8 N–H and O–H groups in total. The van der Waals surface area contributed by atoms with Gasteiger partial charge in [-0.25, -0.2) is 79.7 Å². The van der Waals surface area contributed by atoms with E-state index in [4.69, 9.17) is 67.3 Å². The van der Waals surface area contributed by atoms with Gasteiger partial charge in [-0.15, -0.1) is 0 Å². The van der Waals surface area contributed by atoms with Crippen molar-refractivity contribution in [2.45, 2.75) is 20.6 Å². The number of ether oxygens (including phenoxy) is 2. The zero-order chi connectivity index (χ0) is 73.8. The molecule has 4 aromatic carbocycles. The molecule has 30 heteroatoms. The Labute approximate surface area is 630 Å². The third-order valence-electron chi connectivity index (χ3n) is 18.3. The van der Waals surface area contributed by atoms with E-state index in [1.807, 2.05) is 172 Å². The van der Waals surface area contributed by atoms with Gasteiger partial charge >= 0.3 is 0 Å². The molecule has 0 aliphatic rings. The van der Waals surface area contributed by atoms with Gasteiger partial charge in [-0.2, -0.15) is 0 Å². The summed E-state index contributed by atoms with van der Waals surface area (Å²) in [6.45, 7) is 0. The van der Waals surface area contributed by atoms with Crippen LogP contribution in [0.5, 0.6) is 11.5 Å². The van der Waals surface area contributed by atoms with Crippen molar-refractivity contribution in [2.75, 3.05) is 62.2 Å². The maximum Gasteiger partial charge on any atom is 0.220 e. The van der Waals surface area contributed by atoms with E-state index >= 15 is 0 Å². The molecule has 0 spiro atoms. The van der Waals surface area contributed by atoms with Gasteiger partial charge in [0.1, 0.15) is 34.1 Å². The molecule has 0 fully saturated rings. The van der Waals surface area contributed by atoms with Crippen LogP contribution in [0.4, 0.5) is 23.8 Å². The second-order valence-corrected chi connectivity index (χ2v) is 27.3. The normalized spacial score (nSPS) is 11.5. The maximum absolute atomic E-state index is 6.21. The van der Waals surface area contributed by atoms with Crippen LogP contribution >= 0.6 is 47.0 Å². The number of hydrogen-bond acceptors (Lipinski definition) is 26. The lowest BCUT2D eigenvalue weighted by Crippen LogP contribution is -2.00. The van der Waals surface area contributed by atoms with Crippen molar-refractivity contribution in [2.24, 2.45) is 0 Å². The Kier molecular flexibility index (Phi) is 17.9. The van der Waals surface area contributed by atoms with E-state index in [1.54, 1.807) is 69.4 Å². The maximum atomic E-state index is 6.21. The molecule has 0 atom stereocenters. The highest BCUT2D eigenvalue weighted by Gasteiger charge is 2.25. The predicted molar refractivity (Wildman–Crippen MR) is 434 cm³/mol. The summed E-state index contributed by atoms with van der Waals surface area (Å²) in [5.74, 6) is 2.97. The van der Waals surface area contributed by atoms with Gasteiger partial charge in [0.2, 0.25) is 23.8 Å². The fraction of sp³-hybridized carbons (Fsp3) is 0.0769. The molecule has 0 bridgehead atoms. The van der Waals surface area contributed by atoms with Crippen molar-refractivity contribution >= 4 is 181 Å². The minimum Gasteiger partial charge on any atom is -0.497 e. The molecule has 0 aliphatic heterocycles. The van der Waals surface area contributed by atoms with Gasteiger partial charge < -0.3 is 32.4 Å². The summed E-state index contributed by atoms with van der Waals surface area (Å²) in [4.78, 5) is 72.2. The monoisotopic (exact) mass is 1490 g/mol. The van der Waals surface area contributed by atoms with E-state index < -0.39 is 0 Å². The molecule has 20 rings (SSSR count). The van der Waals surface area contributed by atoms with E-state index in [9.17, 15) is 0 Å². The number of methoxy groups -OCH3 is 2. The van der Waals surface area contributed by atoms with Crippen LogP contribution in [0.1, 0.15) is 0 Å². The third-order valence-corrected chi connectivity index (χ3v) is 20.6. The van der Waals surface area contributed by atoms with Crippen LogP contribution in [0.25, 0.3) is 155 Å². The highest BCUT2D eigenvalue weighted by molar-refractivity contribution is 7.99. The van der Waals surface area contributed by atoms with Crippen molar-refractivity contribution in [1.82, 2.24) is 97.3 Å². The van der Waals surface area contributed by atoms with Gasteiger partial charge in [0, 0.05) is 115 Å². The SMILES string of the molecule is COc1ccc2nc3c(cc2c1)c(-c1ccnc(SC)n1)c1ccnc(N)n13.COc1ccc2nc3c(cc2c1)c(-c1ccnc(SC)n1)c1ccnc(SC)n13.CSc1nccc(-c2c3cc4ccccc4nc3n3c(N)nccc23)n1.Nc1nccc(-c2c3cc4ccccc4nc3n3c(N)nccc23)n1. The second-order valence-electron chi connectivity index (χ2n) is 24.2. The first kappa shape index (κ1) is 68.0. The molecular weight excluding hydrogens is 1430 g/mol. The first-order valence-corrected chi connectivity index (χ1v) is 38.3. The lowest BCUT2D eigenvalue weighted by Gasteiger charge is -2.04. The smallest absolute Gasteiger partial charge is 0.220 e. The number of nitrogens with zero attached hydrogens (tertiary/aromatic N) is 20. The second kappa shape index (κ2) is 28.4. The number of hydrogen-bond donors (Lipinski definition) is 4. The Bertz CT molecular complexity index is 6970. The fourth-order valence-electron chi connectivity index (χ4n) is 13.6. The van der Waals surface area contributed by atoms with E-state index in [-0.39, 0.29) is 5.95 Å². The summed E-state index contributed by atoms with van der Waals surface area (Å²) < 4.78 is 18.5. The molecule has 0 saturated carbocycles. The van der Waals surface area contributed by atoms with Crippen molar-refractivity contribution in [3.05, 3.63) is 207 Å². The summed E-state index contributed by atoms with van der Waals surface area (Å²) in [6.07, 6.45) is 21.8. The number of para-hydroxylation sites is 2. The molecule has 20 aromatic rings. The van der Waals surface area contributed by atoms with Crippen LogP contribution in [0.3, 0.4) is 0 Å². The number of nitrogens with two attached hydrogens (primary N) is 4. The number of anilines is 4. The van der Waals surface area contributed by atoms with E-state index in [0.29, 0.717) is 23.0 Å². The zero-order valence-corrected chi connectivity index (χ0v) is 61.6. The third kappa shape index (κ3) is 12.1. The molecule has 0 saturated heterocycles. The number of benzene rings is 4.